The van der Waals surface area contributed by atoms with Crippen molar-refractivity contribution < 1.29 is 81.0 Å². The predicted octanol–water partition coefficient (Wildman–Crippen LogP) is 5.74. The van der Waals surface area contributed by atoms with Crippen molar-refractivity contribution in [3.63, 3.8) is 0 Å². The average Bonchev–Trinajstić information content (AvgIpc) is 1.61. The van der Waals surface area contributed by atoms with Crippen molar-refractivity contribution in [2.75, 3.05) is 84.5 Å². The van der Waals surface area contributed by atoms with Gasteiger partial charge in [-0.15, -0.1) is 0 Å². The second-order valence-corrected chi connectivity index (χ2v) is 26.9. The first-order valence-electron chi connectivity index (χ1n) is 34.3. The summed E-state index contributed by atoms with van der Waals surface area (Å²) in [6.07, 6.45) is 0.176. The molecule has 3 aliphatic heterocycles. The number of halogens is 3. The minimum Gasteiger partial charge on any atom is -0.458 e. The van der Waals surface area contributed by atoms with Crippen LogP contribution in [-0.2, 0) is 99.6 Å². The number of benzene rings is 3. The van der Waals surface area contributed by atoms with Crippen LogP contribution in [0.25, 0.3) is 33.3 Å². The number of rotatable bonds is 34. The maximum atomic E-state index is 15.7. The number of nitrogens with two attached hydrogens (primary N) is 1. The summed E-state index contributed by atoms with van der Waals surface area (Å²) in [5.41, 5.74) is 9.10. The molecule has 29 nitrogen and oxygen atoms in total. The Hall–Kier alpha value is -8.63. The number of urea groups is 1. The number of cyclic esters (lactones) is 1. The number of ether oxygens (including phenoxy) is 7. The van der Waals surface area contributed by atoms with Crippen LogP contribution in [0.1, 0.15) is 132 Å². The number of aliphatic hydroxyl groups is 1. The third kappa shape index (κ3) is 18.3. The van der Waals surface area contributed by atoms with Crippen molar-refractivity contribution in [2.45, 2.75) is 139 Å². The number of esters is 1. The van der Waals surface area contributed by atoms with Gasteiger partial charge in [0.15, 0.2) is 5.60 Å². The van der Waals surface area contributed by atoms with Crippen LogP contribution in [0.2, 0.25) is 0 Å². The summed E-state index contributed by atoms with van der Waals surface area (Å²) in [6.45, 7) is 8.92. The lowest BCUT2D eigenvalue weighted by Crippen LogP contribution is -2.61. The molecule has 1 fully saturated rings. The highest BCUT2D eigenvalue weighted by molar-refractivity contribution is 9.09. The molecule has 3 aromatic heterocycles. The van der Waals surface area contributed by atoms with Crippen molar-refractivity contribution in [1.29, 1.82) is 0 Å². The van der Waals surface area contributed by atoms with Gasteiger partial charge in [0.25, 0.3) is 11.5 Å². The summed E-state index contributed by atoms with van der Waals surface area (Å²) in [7, 11) is 0. The molecule has 10 N–H and O–H groups in total. The van der Waals surface area contributed by atoms with E-state index in [0.29, 0.717) is 135 Å². The maximum Gasteiger partial charge on any atom is 0.408 e. The van der Waals surface area contributed by atoms with Crippen LogP contribution < -0.4 is 48.5 Å². The Balaban J connectivity index is 0.658. The van der Waals surface area contributed by atoms with Gasteiger partial charge in [-0.25, -0.2) is 33.7 Å². The Morgan fingerprint density at radius 3 is 2.15 bits per heavy atom. The van der Waals surface area contributed by atoms with Crippen molar-refractivity contribution in [3.05, 3.63) is 127 Å². The highest BCUT2D eigenvalue weighted by Crippen LogP contribution is 2.46. The number of carbonyl (C=O) groups is 8. The summed E-state index contributed by atoms with van der Waals surface area (Å²) in [5.74, 6) is -4.19. The van der Waals surface area contributed by atoms with Crippen molar-refractivity contribution in [2.24, 2.45) is 11.7 Å². The molecule has 8 amide bonds. The summed E-state index contributed by atoms with van der Waals surface area (Å²) < 4.78 is 56.1. The number of anilines is 1. The normalized spacial score (nSPS) is 16.9. The first-order chi connectivity index (χ1) is 49.6. The molecular formula is C71H85Br2FN12O17. The van der Waals surface area contributed by atoms with Crippen LogP contribution in [0, 0.1) is 18.7 Å². The zero-order valence-corrected chi connectivity index (χ0v) is 60.8. The Morgan fingerprint density at radius 1 is 0.796 bits per heavy atom. The van der Waals surface area contributed by atoms with Gasteiger partial charge in [-0.3, -0.25) is 28.8 Å². The van der Waals surface area contributed by atoms with E-state index in [0.717, 1.165) is 11.4 Å². The van der Waals surface area contributed by atoms with E-state index in [9.17, 15) is 48.3 Å². The van der Waals surface area contributed by atoms with Crippen LogP contribution in [0.4, 0.5) is 19.7 Å². The van der Waals surface area contributed by atoms with Crippen LogP contribution in [0.3, 0.4) is 0 Å². The first kappa shape index (κ1) is 77.0. The number of aromatic nitrogens is 4. The smallest absolute Gasteiger partial charge is 0.408 e. The third-order valence-corrected chi connectivity index (χ3v) is 19.8. The molecular weight excluding hydrogens is 1470 g/mol. The number of amides is 8. The molecule has 103 heavy (non-hydrogen) atoms. The molecule has 552 valence electrons. The van der Waals surface area contributed by atoms with Gasteiger partial charge in [0, 0.05) is 90.1 Å². The van der Waals surface area contributed by atoms with E-state index in [-0.39, 0.29) is 115 Å². The van der Waals surface area contributed by atoms with Crippen molar-refractivity contribution in [1.82, 2.24) is 51.4 Å². The largest absolute Gasteiger partial charge is 0.458 e. The third-order valence-electron chi connectivity index (χ3n) is 18.7. The van der Waals surface area contributed by atoms with E-state index < -0.39 is 88.3 Å². The van der Waals surface area contributed by atoms with Crippen LogP contribution in [0.15, 0.2) is 59.4 Å². The van der Waals surface area contributed by atoms with Gasteiger partial charge in [0.1, 0.15) is 36.7 Å². The Bertz CT molecular complexity index is 4240. The van der Waals surface area contributed by atoms with Crippen molar-refractivity contribution >= 4 is 107 Å². The first-order valence-corrected chi connectivity index (χ1v) is 36.5. The predicted molar refractivity (Wildman–Crippen MR) is 380 cm³/mol. The van der Waals surface area contributed by atoms with Gasteiger partial charge in [-0.2, -0.15) is 0 Å². The van der Waals surface area contributed by atoms with Gasteiger partial charge < -0.3 is 85.8 Å². The van der Waals surface area contributed by atoms with Crippen LogP contribution in [0.5, 0.6) is 0 Å². The lowest BCUT2D eigenvalue weighted by atomic mass is 9.80. The monoisotopic (exact) mass is 1550 g/mol. The van der Waals surface area contributed by atoms with Crippen molar-refractivity contribution in [3.8, 4) is 11.4 Å². The number of nitrogens with zero attached hydrogens (tertiary/aromatic N) is 4. The number of nitrogens with one attached hydrogen (secondary N) is 7. The molecule has 32 heteroatoms. The average molecular weight is 1560 g/mol. The van der Waals surface area contributed by atoms with Crippen LogP contribution >= 0.6 is 31.9 Å². The Kier molecular flexibility index (Phi) is 26.3. The number of pyridine rings is 2. The van der Waals surface area contributed by atoms with Gasteiger partial charge >= 0.3 is 18.1 Å². The molecule has 10 rings (SSSR count). The van der Waals surface area contributed by atoms with Gasteiger partial charge in [0.05, 0.1) is 110 Å². The second-order valence-electron chi connectivity index (χ2n) is 25.8. The fourth-order valence-electron chi connectivity index (χ4n) is 13.0. The molecule has 1 aliphatic carbocycles. The van der Waals surface area contributed by atoms with Crippen LogP contribution in [-0.4, -0.2) is 169 Å². The lowest BCUT2D eigenvalue weighted by molar-refractivity contribution is -0.172. The summed E-state index contributed by atoms with van der Waals surface area (Å²) >= 11 is 6.87. The molecule has 1 saturated heterocycles. The molecule has 3 aromatic carbocycles. The van der Waals surface area contributed by atoms with E-state index >= 15 is 4.39 Å². The lowest BCUT2D eigenvalue weighted by Gasteiger charge is -2.38. The number of aryl methyl sites for hydroxylation is 1. The zero-order chi connectivity index (χ0) is 73.5. The number of carbonyl (C=O) groups excluding carboxylic acids is 8. The summed E-state index contributed by atoms with van der Waals surface area (Å²) in [4.78, 5) is 135. The number of hydrogen-bond acceptors (Lipinski definition) is 20. The molecule has 4 atom stereocenters. The van der Waals surface area contributed by atoms with E-state index in [1.54, 1.807) is 76.2 Å². The second kappa shape index (κ2) is 35.2. The van der Waals surface area contributed by atoms with Gasteiger partial charge in [-0.1, -0.05) is 64.8 Å². The molecule has 0 bridgehead atoms. The van der Waals surface area contributed by atoms with E-state index in [2.05, 4.69) is 79.0 Å². The van der Waals surface area contributed by atoms with Gasteiger partial charge in [-0.05, 0) is 104 Å². The number of fused-ring (bicyclic) bond motifs is 6. The summed E-state index contributed by atoms with van der Waals surface area (Å²) in [6, 6.07) is 10.8. The molecule has 0 saturated carbocycles. The molecule has 0 radical (unpaired) electrons. The minimum absolute atomic E-state index is 0.0282. The molecule has 0 unspecified atom stereocenters. The highest BCUT2D eigenvalue weighted by atomic mass is 79.9. The minimum atomic E-state index is -2.08. The topological polar surface area (TPSA) is 392 Å². The number of hydrogen-bond donors (Lipinski definition) is 9. The maximum absolute atomic E-state index is 15.7. The highest BCUT2D eigenvalue weighted by Gasteiger charge is 2.47. The Labute approximate surface area is 609 Å². The number of primary amides is 1. The number of alkyl halides is 2. The zero-order valence-electron chi connectivity index (χ0n) is 57.7. The van der Waals surface area contributed by atoms with E-state index in [1.165, 1.54) is 10.6 Å². The van der Waals surface area contributed by atoms with Gasteiger partial charge in [0.2, 0.25) is 23.6 Å². The molecule has 6 aromatic rings. The Morgan fingerprint density at radius 2 is 1.48 bits per heavy atom. The fraction of sp³-hybridized carbons (Fsp3) is 0.493. The quantitative estimate of drug-likeness (QED) is 0.0132. The van der Waals surface area contributed by atoms with E-state index in [1.807, 2.05) is 0 Å². The molecule has 4 aliphatic rings. The molecule has 0 spiro atoms. The number of alkyl carbamates (subject to hydrolysis) is 1. The fourth-order valence-corrected chi connectivity index (χ4v) is 13.9. The van der Waals surface area contributed by atoms with E-state index in [4.69, 9.17) is 43.9 Å². The summed E-state index contributed by atoms with van der Waals surface area (Å²) in [5, 5.41) is 32.9. The SMILES string of the molecule is CC[C@]1(O)C(=O)OCc2c1cc1n(c2=O)Cc2c-1nc1cc(F)c(C)c3c1c2[C@H](NC(=O)C1(NC(=O)OCc2ccc(NC(=O)[C@H](CCCNC(N)=O)NC(=O)[C@@H](NC(=O)CCOCCOCCOCCOCCNC(=O)c4ccc5nc(CBr)c(CBr)nc5c4)C(C)C)cc2)CCOCC1)CC3. The standard InChI is InChI=1S/C71H85Br2FN12O17/c1-5-71(96)47-32-56-61-45(36-86(56)65(91)46(47)38-102-67(71)93)59-50(15-13-44-40(4)48(74)33-53(81-61)58(44)59)83-66(92)70(17-22-98-23-18-70)85-69(95)103-37-41-8-11-43(12-9-41)78-63(89)51(7-6-19-77-68(75)94)82-64(90)60(39(2)3)84-57(87)16-21-97-25-27-100-29-30-101-28-26-99-24-20-76-62(88)42-10-14-49-52(31-42)80-55(35-73)54(34-72)79-49/h8-12,14,31-33,39,50-51,60,96H,5-7,13,15-30,34-38H2,1-4H3,(H,76,88)(H,78,89)(H,82,90)(H,83,92)(H,84,87)(H,85,95)(H3,75,77,94)/t50-,51+,60+,71-/m1/s1. The molecule has 6 heterocycles.